The molecule has 0 bridgehead atoms. The molecule has 0 spiro atoms. The van der Waals surface area contributed by atoms with E-state index in [0.717, 1.165) is 21.3 Å². The summed E-state index contributed by atoms with van der Waals surface area (Å²) in [7, 11) is 1.62. The van der Waals surface area contributed by atoms with E-state index in [0.29, 0.717) is 0 Å². The Balaban J connectivity index is 2.35. The van der Waals surface area contributed by atoms with Gasteiger partial charge in [-0.1, -0.05) is 39.7 Å². The topological polar surface area (TPSA) is 9.23 Å². The molecule has 1 nitrogen and oxygen atoms in total. The van der Waals surface area contributed by atoms with Crippen molar-refractivity contribution in [3.8, 4) is 5.75 Å². The molecular weight excluding hydrogens is 398 g/mol. The highest BCUT2D eigenvalue weighted by molar-refractivity contribution is 9.10. The van der Waals surface area contributed by atoms with Gasteiger partial charge in [-0.15, -0.1) is 0 Å². The number of hydrogen-bond donors (Lipinski definition) is 0. The molecule has 0 aliphatic carbocycles. The first-order valence-electron chi connectivity index (χ1n) is 5.45. The van der Waals surface area contributed by atoms with Crippen molar-refractivity contribution in [1.82, 2.24) is 0 Å². The molecule has 0 aliphatic heterocycles. The fraction of sp³-hybridized carbons (Fsp3) is 0.143. The number of halogens is 4. The van der Waals surface area contributed by atoms with Crippen molar-refractivity contribution in [2.45, 2.75) is 4.83 Å². The summed E-state index contributed by atoms with van der Waals surface area (Å²) in [6, 6.07) is 10.5. The third-order valence-electron chi connectivity index (χ3n) is 2.70. The van der Waals surface area contributed by atoms with Gasteiger partial charge in [0, 0.05) is 0 Å². The van der Waals surface area contributed by atoms with E-state index in [2.05, 4.69) is 31.9 Å². The molecule has 0 aromatic heterocycles. The van der Waals surface area contributed by atoms with Crippen molar-refractivity contribution in [1.29, 1.82) is 0 Å². The Morgan fingerprint density at radius 1 is 1.16 bits per heavy atom. The van der Waals surface area contributed by atoms with Crippen molar-refractivity contribution in [3.63, 3.8) is 0 Å². The second-order valence-corrected chi connectivity index (χ2v) is 6.11. The average molecular weight is 408 g/mol. The minimum Gasteiger partial charge on any atom is -0.496 e. The van der Waals surface area contributed by atoms with Gasteiger partial charge in [-0.2, -0.15) is 0 Å². The Morgan fingerprint density at radius 2 is 1.79 bits per heavy atom. The third-order valence-corrected chi connectivity index (χ3v) is 4.67. The summed E-state index contributed by atoms with van der Waals surface area (Å²) in [5, 5.41) is 0.120. The Labute approximate surface area is 133 Å². The predicted molar refractivity (Wildman–Crippen MR) is 82.9 cm³/mol. The highest BCUT2D eigenvalue weighted by Crippen LogP contribution is 2.36. The SMILES string of the molecule is COc1ccc(C(Br)c2ccc(F)c(Cl)c2)cc1Br. The fourth-order valence-electron chi connectivity index (χ4n) is 1.70. The molecular formula is C14H10Br2ClFO. The van der Waals surface area contributed by atoms with E-state index in [4.69, 9.17) is 16.3 Å². The first kappa shape index (κ1) is 14.8. The normalized spacial score (nSPS) is 12.3. The summed E-state index contributed by atoms with van der Waals surface area (Å²) in [4.78, 5) is -0.0622. The second kappa shape index (κ2) is 6.25. The molecule has 0 fully saturated rings. The summed E-state index contributed by atoms with van der Waals surface area (Å²) >= 11 is 12.8. The maximum absolute atomic E-state index is 13.2. The van der Waals surface area contributed by atoms with Gasteiger partial charge >= 0.3 is 0 Å². The average Bonchev–Trinajstić information content (AvgIpc) is 2.41. The van der Waals surface area contributed by atoms with E-state index in [9.17, 15) is 4.39 Å². The lowest BCUT2D eigenvalue weighted by molar-refractivity contribution is 0.412. The van der Waals surface area contributed by atoms with Gasteiger partial charge in [-0.05, 0) is 51.3 Å². The van der Waals surface area contributed by atoms with E-state index in [-0.39, 0.29) is 9.85 Å². The standard InChI is InChI=1S/C14H10Br2ClFO/c1-19-13-5-3-8(6-10(13)15)14(16)9-2-4-12(18)11(17)7-9/h2-7,14H,1H3. The second-order valence-electron chi connectivity index (χ2n) is 3.93. The van der Waals surface area contributed by atoms with Crippen molar-refractivity contribution >= 4 is 43.5 Å². The van der Waals surface area contributed by atoms with Crippen LogP contribution in [0.5, 0.6) is 5.75 Å². The predicted octanol–water partition coefficient (Wildman–Crippen LogP) is 5.73. The number of benzene rings is 2. The highest BCUT2D eigenvalue weighted by atomic mass is 79.9. The van der Waals surface area contributed by atoms with Crippen LogP contribution in [0.15, 0.2) is 40.9 Å². The zero-order valence-corrected chi connectivity index (χ0v) is 13.9. The first-order chi connectivity index (χ1) is 9.02. The van der Waals surface area contributed by atoms with Gasteiger partial charge in [0.2, 0.25) is 0 Å². The molecule has 0 N–H and O–H groups in total. The van der Waals surface area contributed by atoms with E-state index >= 15 is 0 Å². The molecule has 0 saturated carbocycles. The van der Waals surface area contributed by atoms with Crippen LogP contribution in [0.25, 0.3) is 0 Å². The molecule has 100 valence electrons. The first-order valence-corrected chi connectivity index (χ1v) is 7.54. The number of ether oxygens (including phenoxy) is 1. The summed E-state index contributed by atoms with van der Waals surface area (Å²) in [5.74, 6) is 0.349. The molecule has 0 amide bonds. The molecule has 2 aromatic carbocycles. The molecule has 2 aromatic rings. The van der Waals surface area contributed by atoms with E-state index in [1.54, 1.807) is 19.2 Å². The Kier molecular flexibility index (Phi) is 4.87. The molecule has 2 rings (SSSR count). The smallest absolute Gasteiger partial charge is 0.141 e. The summed E-state index contributed by atoms with van der Waals surface area (Å²) < 4.78 is 19.2. The van der Waals surface area contributed by atoms with Gasteiger partial charge in [0.15, 0.2) is 0 Å². The van der Waals surface area contributed by atoms with Crippen molar-refractivity contribution in [2.24, 2.45) is 0 Å². The molecule has 0 heterocycles. The van der Waals surface area contributed by atoms with Crippen molar-refractivity contribution < 1.29 is 9.13 Å². The van der Waals surface area contributed by atoms with E-state index in [1.165, 1.54) is 6.07 Å². The molecule has 19 heavy (non-hydrogen) atoms. The lowest BCUT2D eigenvalue weighted by atomic mass is 10.0. The Morgan fingerprint density at radius 3 is 2.37 bits per heavy atom. The largest absolute Gasteiger partial charge is 0.496 e. The van der Waals surface area contributed by atoms with Crippen LogP contribution < -0.4 is 4.74 Å². The molecule has 0 radical (unpaired) electrons. The molecule has 1 unspecified atom stereocenters. The zero-order valence-electron chi connectivity index (χ0n) is 9.96. The number of alkyl halides is 1. The Hall–Kier alpha value is -0.580. The van der Waals surface area contributed by atoms with Crippen LogP contribution in [-0.4, -0.2) is 7.11 Å². The lowest BCUT2D eigenvalue weighted by Gasteiger charge is -2.13. The van der Waals surface area contributed by atoms with Crippen LogP contribution in [0.1, 0.15) is 16.0 Å². The van der Waals surface area contributed by atoms with Gasteiger partial charge in [-0.3, -0.25) is 0 Å². The molecule has 1 atom stereocenters. The van der Waals surface area contributed by atoms with Crippen molar-refractivity contribution in [2.75, 3.05) is 7.11 Å². The lowest BCUT2D eigenvalue weighted by Crippen LogP contribution is -1.95. The maximum atomic E-state index is 13.2. The fourth-order valence-corrected chi connectivity index (χ4v) is 3.02. The van der Waals surface area contributed by atoms with E-state index < -0.39 is 5.82 Å². The van der Waals surface area contributed by atoms with Gasteiger partial charge < -0.3 is 4.74 Å². The minimum absolute atomic E-state index is 0.0622. The van der Waals surface area contributed by atoms with Crippen LogP contribution in [0.4, 0.5) is 4.39 Å². The summed E-state index contributed by atoms with van der Waals surface area (Å²) in [5.41, 5.74) is 1.92. The van der Waals surface area contributed by atoms with Crippen LogP contribution in [0.3, 0.4) is 0 Å². The minimum atomic E-state index is -0.416. The number of rotatable bonds is 3. The number of hydrogen-bond acceptors (Lipinski definition) is 1. The van der Waals surface area contributed by atoms with Crippen LogP contribution in [0.2, 0.25) is 5.02 Å². The van der Waals surface area contributed by atoms with Gasteiger partial charge in [0.1, 0.15) is 11.6 Å². The van der Waals surface area contributed by atoms with Crippen LogP contribution >= 0.6 is 43.5 Å². The summed E-state index contributed by atoms with van der Waals surface area (Å²) in [6.45, 7) is 0. The van der Waals surface area contributed by atoms with Gasteiger partial charge in [0.05, 0.1) is 21.4 Å². The molecule has 5 heteroatoms. The summed E-state index contributed by atoms with van der Waals surface area (Å²) in [6.07, 6.45) is 0. The monoisotopic (exact) mass is 406 g/mol. The maximum Gasteiger partial charge on any atom is 0.141 e. The highest BCUT2D eigenvalue weighted by Gasteiger charge is 2.14. The van der Waals surface area contributed by atoms with Crippen molar-refractivity contribution in [3.05, 3.63) is 62.8 Å². The van der Waals surface area contributed by atoms with Gasteiger partial charge in [0.25, 0.3) is 0 Å². The van der Waals surface area contributed by atoms with Crippen LogP contribution in [-0.2, 0) is 0 Å². The van der Waals surface area contributed by atoms with E-state index in [1.807, 2.05) is 18.2 Å². The molecule has 0 saturated heterocycles. The zero-order chi connectivity index (χ0) is 14.0. The number of methoxy groups -OCH3 is 1. The Bertz CT molecular complexity index is 604. The van der Waals surface area contributed by atoms with Crippen LogP contribution in [0, 0.1) is 5.82 Å². The van der Waals surface area contributed by atoms with Gasteiger partial charge in [-0.25, -0.2) is 4.39 Å². The quantitative estimate of drug-likeness (QED) is 0.589. The molecule has 0 aliphatic rings. The third kappa shape index (κ3) is 3.30.